The summed E-state index contributed by atoms with van der Waals surface area (Å²) in [6, 6.07) is 6.92. The van der Waals surface area contributed by atoms with Crippen molar-refractivity contribution in [1.29, 1.82) is 0 Å². The summed E-state index contributed by atoms with van der Waals surface area (Å²) < 4.78 is 17.1. The highest BCUT2D eigenvalue weighted by atomic mass is 79.9. The number of hydrogen-bond donors (Lipinski definition) is 1. The van der Waals surface area contributed by atoms with Gasteiger partial charge in [-0.3, -0.25) is 4.68 Å². The van der Waals surface area contributed by atoms with Gasteiger partial charge in [-0.2, -0.15) is 5.10 Å². The molecule has 0 bridgehead atoms. The summed E-state index contributed by atoms with van der Waals surface area (Å²) in [5.74, 6) is -0.203. The molecule has 1 N–H and O–H groups in total. The van der Waals surface area contributed by atoms with Gasteiger partial charge in [0.05, 0.1) is 17.4 Å². The largest absolute Gasteiger partial charge is 0.305 e. The van der Waals surface area contributed by atoms with Crippen LogP contribution >= 0.6 is 15.9 Å². The summed E-state index contributed by atoms with van der Waals surface area (Å²) in [7, 11) is 0. The Morgan fingerprint density at radius 2 is 2.05 bits per heavy atom. The van der Waals surface area contributed by atoms with Gasteiger partial charge in [-0.05, 0) is 44.2 Å². The van der Waals surface area contributed by atoms with Crippen molar-refractivity contribution in [2.75, 3.05) is 6.54 Å². The van der Waals surface area contributed by atoms with Crippen molar-refractivity contribution in [3.05, 3.63) is 51.5 Å². The molecular weight excluding hydrogens is 333 g/mol. The number of aromatic nitrogens is 2. The van der Waals surface area contributed by atoms with Crippen molar-refractivity contribution in [3.8, 4) is 0 Å². The molecule has 2 aromatic rings. The lowest BCUT2D eigenvalue weighted by Crippen LogP contribution is -2.25. The molecule has 1 aromatic carbocycles. The Hall–Kier alpha value is -1.20. The van der Waals surface area contributed by atoms with Crippen molar-refractivity contribution in [2.45, 2.75) is 39.8 Å². The normalized spacial score (nSPS) is 12.6. The molecule has 21 heavy (non-hydrogen) atoms. The summed E-state index contributed by atoms with van der Waals surface area (Å²) in [6.07, 6.45) is 0.875. The minimum absolute atomic E-state index is 0.194. The maximum Gasteiger partial charge on any atom is 0.128 e. The maximum absolute atomic E-state index is 14.3. The van der Waals surface area contributed by atoms with Gasteiger partial charge < -0.3 is 5.32 Å². The highest BCUT2D eigenvalue weighted by molar-refractivity contribution is 9.10. The van der Waals surface area contributed by atoms with E-state index in [9.17, 15) is 4.39 Å². The lowest BCUT2D eigenvalue weighted by molar-refractivity contribution is 0.514. The van der Waals surface area contributed by atoms with Gasteiger partial charge in [-0.25, -0.2) is 4.39 Å². The topological polar surface area (TPSA) is 29.9 Å². The molecule has 1 aromatic heterocycles. The quantitative estimate of drug-likeness (QED) is 0.848. The van der Waals surface area contributed by atoms with Crippen molar-refractivity contribution in [1.82, 2.24) is 15.1 Å². The number of aryl methyl sites for hydroxylation is 2. The van der Waals surface area contributed by atoms with Gasteiger partial charge in [-0.1, -0.05) is 29.8 Å². The summed E-state index contributed by atoms with van der Waals surface area (Å²) in [4.78, 5) is 0. The highest BCUT2D eigenvalue weighted by Gasteiger charge is 2.22. The van der Waals surface area contributed by atoms with Crippen LogP contribution < -0.4 is 5.32 Å². The molecular formula is C16H21BrFN3. The van der Waals surface area contributed by atoms with Gasteiger partial charge in [0.15, 0.2) is 0 Å². The average Bonchev–Trinajstić information content (AvgIpc) is 2.90. The van der Waals surface area contributed by atoms with Crippen LogP contribution in [0.25, 0.3) is 0 Å². The predicted octanol–water partition coefficient (Wildman–Crippen LogP) is 4.07. The van der Waals surface area contributed by atoms with Crippen molar-refractivity contribution in [3.63, 3.8) is 0 Å². The first-order valence-electron chi connectivity index (χ1n) is 7.35. The summed E-state index contributed by atoms with van der Waals surface area (Å²) >= 11 is 3.43. The van der Waals surface area contributed by atoms with Gasteiger partial charge in [0, 0.05) is 16.6 Å². The van der Waals surface area contributed by atoms with E-state index in [1.54, 1.807) is 6.07 Å². The van der Waals surface area contributed by atoms with Gasteiger partial charge in [0.25, 0.3) is 0 Å². The van der Waals surface area contributed by atoms with Crippen LogP contribution in [0.4, 0.5) is 4.39 Å². The Balaban J connectivity index is 2.52. The lowest BCUT2D eigenvalue weighted by atomic mass is 10.0. The van der Waals surface area contributed by atoms with Crippen molar-refractivity contribution >= 4 is 15.9 Å². The number of nitrogens with zero attached hydrogens (tertiary/aromatic N) is 2. The molecule has 1 heterocycles. The highest BCUT2D eigenvalue weighted by Crippen LogP contribution is 2.28. The molecule has 0 aliphatic carbocycles. The molecule has 0 amide bonds. The zero-order valence-electron chi connectivity index (χ0n) is 12.7. The fourth-order valence-corrected chi connectivity index (χ4v) is 2.84. The second kappa shape index (κ2) is 7.18. The van der Waals surface area contributed by atoms with E-state index in [1.807, 2.05) is 17.7 Å². The van der Waals surface area contributed by atoms with E-state index in [4.69, 9.17) is 0 Å². The van der Waals surface area contributed by atoms with E-state index >= 15 is 0 Å². The Kier molecular flexibility index (Phi) is 5.53. The van der Waals surface area contributed by atoms with E-state index in [-0.39, 0.29) is 11.9 Å². The Morgan fingerprint density at radius 1 is 1.29 bits per heavy atom. The standard InChI is InChI=1S/C16H21BrFN3/c1-4-12-10-15(21(6-3)20-12)16(19-5-2)13-9-11(17)7-8-14(13)18/h7-10,16,19H,4-6H2,1-3H3. The van der Waals surface area contributed by atoms with Crippen LogP contribution in [0.5, 0.6) is 0 Å². The Morgan fingerprint density at radius 3 is 2.67 bits per heavy atom. The molecule has 5 heteroatoms. The van der Waals surface area contributed by atoms with E-state index in [0.29, 0.717) is 5.56 Å². The van der Waals surface area contributed by atoms with Crippen LogP contribution in [0, 0.1) is 5.82 Å². The second-order valence-electron chi connectivity index (χ2n) is 4.89. The third-order valence-corrected chi connectivity index (χ3v) is 3.99. The molecule has 1 atom stereocenters. The maximum atomic E-state index is 14.3. The predicted molar refractivity (Wildman–Crippen MR) is 86.9 cm³/mol. The van der Waals surface area contributed by atoms with E-state index in [2.05, 4.69) is 46.3 Å². The van der Waals surface area contributed by atoms with Crippen LogP contribution in [0.3, 0.4) is 0 Å². The molecule has 0 aliphatic heterocycles. The number of halogens is 2. The van der Waals surface area contributed by atoms with Gasteiger partial charge >= 0.3 is 0 Å². The molecule has 0 aliphatic rings. The van der Waals surface area contributed by atoms with Gasteiger partial charge in [-0.15, -0.1) is 0 Å². The number of rotatable bonds is 6. The molecule has 1 unspecified atom stereocenters. The minimum atomic E-state index is -0.203. The van der Waals surface area contributed by atoms with Gasteiger partial charge in [0.2, 0.25) is 0 Å². The third-order valence-electron chi connectivity index (χ3n) is 3.50. The summed E-state index contributed by atoms with van der Waals surface area (Å²) in [6.45, 7) is 7.68. The van der Waals surface area contributed by atoms with E-state index < -0.39 is 0 Å². The minimum Gasteiger partial charge on any atom is -0.305 e. The van der Waals surface area contributed by atoms with Crippen LogP contribution in [0.15, 0.2) is 28.7 Å². The van der Waals surface area contributed by atoms with Crippen molar-refractivity contribution < 1.29 is 4.39 Å². The first kappa shape index (κ1) is 16.2. The first-order valence-corrected chi connectivity index (χ1v) is 8.14. The van der Waals surface area contributed by atoms with E-state index in [1.165, 1.54) is 6.07 Å². The second-order valence-corrected chi connectivity index (χ2v) is 5.80. The smallest absolute Gasteiger partial charge is 0.128 e. The Bertz CT molecular complexity index is 610. The number of nitrogens with one attached hydrogen (secondary N) is 1. The zero-order valence-corrected chi connectivity index (χ0v) is 14.2. The molecule has 114 valence electrons. The molecule has 0 fully saturated rings. The lowest BCUT2D eigenvalue weighted by Gasteiger charge is -2.20. The van der Waals surface area contributed by atoms with Gasteiger partial charge in [0.1, 0.15) is 5.82 Å². The fraction of sp³-hybridized carbons (Fsp3) is 0.438. The van der Waals surface area contributed by atoms with Crippen LogP contribution in [0.1, 0.15) is 43.8 Å². The van der Waals surface area contributed by atoms with Crippen LogP contribution in [-0.2, 0) is 13.0 Å². The number of hydrogen-bond acceptors (Lipinski definition) is 2. The molecule has 2 rings (SSSR count). The SMILES string of the molecule is CCNC(c1cc(Br)ccc1F)c1cc(CC)nn1CC. The zero-order chi connectivity index (χ0) is 15.4. The molecule has 3 nitrogen and oxygen atoms in total. The monoisotopic (exact) mass is 353 g/mol. The summed E-state index contributed by atoms with van der Waals surface area (Å²) in [5.41, 5.74) is 2.68. The molecule has 0 saturated carbocycles. The molecule has 0 saturated heterocycles. The molecule has 0 radical (unpaired) electrons. The average molecular weight is 354 g/mol. The summed E-state index contributed by atoms with van der Waals surface area (Å²) in [5, 5.41) is 7.94. The molecule has 0 spiro atoms. The van der Waals surface area contributed by atoms with Crippen LogP contribution in [-0.4, -0.2) is 16.3 Å². The fourth-order valence-electron chi connectivity index (χ4n) is 2.46. The van der Waals surface area contributed by atoms with E-state index in [0.717, 1.165) is 35.4 Å². The third kappa shape index (κ3) is 3.52. The number of benzene rings is 1. The van der Waals surface area contributed by atoms with Crippen LogP contribution in [0.2, 0.25) is 0 Å². The first-order chi connectivity index (χ1) is 10.1. The van der Waals surface area contributed by atoms with Crippen molar-refractivity contribution in [2.24, 2.45) is 0 Å². The Labute approximate surface area is 133 Å².